The fraction of sp³-hybridized carbons (Fsp3) is 0.875. The summed E-state index contributed by atoms with van der Waals surface area (Å²) < 4.78 is 0. The van der Waals surface area contributed by atoms with Crippen molar-refractivity contribution in [2.24, 2.45) is 17.6 Å². The van der Waals surface area contributed by atoms with E-state index < -0.39 is 0 Å². The Morgan fingerprint density at radius 3 is 2.41 bits per heavy atom. The van der Waals surface area contributed by atoms with Crippen molar-refractivity contribution < 1.29 is 9.59 Å². The average Bonchev–Trinajstić information content (AvgIpc) is 2.96. The molecule has 0 saturated heterocycles. The molecule has 0 radical (unpaired) electrons. The summed E-state index contributed by atoms with van der Waals surface area (Å²) in [6, 6.07) is 0.346. The van der Waals surface area contributed by atoms with Gasteiger partial charge in [0.15, 0.2) is 0 Å². The van der Waals surface area contributed by atoms with Crippen LogP contribution in [0.4, 0.5) is 0 Å². The molecule has 22 heavy (non-hydrogen) atoms. The molecular weight excluding hydrogens is 302 g/mol. The summed E-state index contributed by atoms with van der Waals surface area (Å²) in [4.78, 5) is 23.9. The van der Waals surface area contributed by atoms with Crippen LogP contribution in [0.15, 0.2) is 0 Å². The minimum atomic E-state index is 0. The van der Waals surface area contributed by atoms with Gasteiger partial charge in [0.1, 0.15) is 0 Å². The molecule has 2 aliphatic carbocycles. The van der Waals surface area contributed by atoms with Gasteiger partial charge in [-0.2, -0.15) is 0 Å². The molecule has 2 aliphatic rings. The molecule has 2 amide bonds. The third kappa shape index (κ3) is 5.76. The smallest absolute Gasteiger partial charge is 0.223 e. The molecule has 0 aromatic carbocycles. The molecule has 4 N–H and O–H groups in total. The molecule has 2 saturated carbocycles. The molecule has 0 unspecified atom stereocenters. The van der Waals surface area contributed by atoms with Gasteiger partial charge in [0, 0.05) is 24.9 Å². The van der Waals surface area contributed by atoms with Gasteiger partial charge in [-0.1, -0.05) is 25.7 Å². The van der Waals surface area contributed by atoms with Crippen molar-refractivity contribution in [2.45, 2.75) is 63.8 Å². The van der Waals surface area contributed by atoms with E-state index in [1.165, 1.54) is 19.3 Å². The monoisotopic (exact) mass is 331 g/mol. The SMILES string of the molecule is Cl.NC[C@H]1CCC[C@H]1C(=O)NCCC(=O)NC1CCCCC1. The molecule has 2 atom stereocenters. The van der Waals surface area contributed by atoms with Crippen molar-refractivity contribution in [3.05, 3.63) is 0 Å². The van der Waals surface area contributed by atoms with Gasteiger partial charge in [-0.05, 0) is 38.1 Å². The van der Waals surface area contributed by atoms with Crippen LogP contribution >= 0.6 is 12.4 Å². The number of hydrogen-bond donors (Lipinski definition) is 3. The highest BCUT2D eigenvalue weighted by Gasteiger charge is 2.31. The predicted octanol–water partition coefficient (Wildman–Crippen LogP) is 1.74. The quantitative estimate of drug-likeness (QED) is 0.693. The molecule has 6 heteroatoms. The van der Waals surface area contributed by atoms with E-state index in [4.69, 9.17) is 5.73 Å². The number of halogens is 1. The minimum absolute atomic E-state index is 0. The van der Waals surface area contributed by atoms with E-state index in [9.17, 15) is 9.59 Å². The van der Waals surface area contributed by atoms with E-state index >= 15 is 0 Å². The number of carbonyl (C=O) groups is 2. The topological polar surface area (TPSA) is 84.2 Å². The van der Waals surface area contributed by atoms with Crippen LogP contribution < -0.4 is 16.4 Å². The first kappa shape index (κ1) is 19.2. The number of nitrogens with one attached hydrogen (secondary N) is 2. The Balaban J connectivity index is 0.00000242. The summed E-state index contributed by atoms with van der Waals surface area (Å²) >= 11 is 0. The first-order valence-electron chi connectivity index (χ1n) is 8.48. The van der Waals surface area contributed by atoms with Gasteiger partial charge in [-0.3, -0.25) is 9.59 Å². The Hall–Kier alpha value is -0.810. The molecule has 0 aromatic heterocycles. The van der Waals surface area contributed by atoms with E-state index in [1.54, 1.807) is 0 Å². The number of amides is 2. The van der Waals surface area contributed by atoms with Crippen molar-refractivity contribution in [3.63, 3.8) is 0 Å². The molecule has 5 nitrogen and oxygen atoms in total. The molecule has 0 bridgehead atoms. The summed E-state index contributed by atoms with van der Waals surface area (Å²) in [5, 5.41) is 5.97. The third-order valence-corrected chi connectivity index (χ3v) is 4.92. The van der Waals surface area contributed by atoms with Crippen LogP contribution in [0.5, 0.6) is 0 Å². The van der Waals surface area contributed by atoms with Gasteiger partial charge in [-0.25, -0.2) is 0 Å². The second-order valence-electron chi connectivity index (χ2n) is 6.48. The fourth-order valence-corrected chi connectivity index (χ4v) is 3.64. The van der Waals surface area contributed by atoms with Crippen molar-refractivity contribution in [2.75, 3.05) is 13.1 Å². The minimum Gasteiger partial charge on any atom is -0.355 e. The fourth-order valence-electron chi connectivity index (χ4n) is 3.64. The third-order valence-electron chi connectivity index (χ3n) is 4.92. The lowest BCUT2D eigenvalue weighted by molar-refractivity contribution is -0.126. The second kappa shape index (κ2) is 10.1. The largest absolute Gasteiger partial charge is 0.355 e. The molecule has 2 fully saturated rings. The van der Waals surface area contributed by atoms with Crippen molar-refractivity contribution in [1.82, 2.24) is 10.6 Å². The maximum absolute atomic E-state index is 12.1. The van der Waals surface area contributed by atoms with Crippen LogP contribution in [0.2, 0.25) is 0 Å². The lowest BCUT2D eigenvalue weighted by Crippen LogP contribution is -2.40. The lowest BCUT2D eigenvalue weighted by atomic mass is 9.95. The molecule has 2 rings (SSSR count). The van der Waals surface area contributed by atoms with Gasteiger partial charge in [0.2, 0.25) is 11.8 Å². The van der Waals surface area contributed by atoms with Crippen LogP contribution in [0.3, 0.4) is 0 Å². The van der Waals surface area contributed by atoms with Gasteiger partial charge >= 0.3 is 0 Å². The van der Waals surface area contributed by atoms with Gasteiger partial charge in [0.05, 0.1) is 0 Å². The first-order valence-corrected chi connectivity index (χ1v) is 8.48. The van der Waals surface area contributed by atoms with E-state index in [0.29, 0.717) is 31.5 Å². The number of nitrogens with two attached hydrogens (primary N) is 1. The highest BCUT2D eigenvalue weighted by molar-refractivity contribution is 5.85. The molecule has 0 spiro atoms. The van der Waals surface area contributed by atoms with Crippen LogP contribution in [0.25, 0.3) is 0 Å². The van der Waals surface area contributed by atoms with Crippen molar-refractivity contribution in [3.8, 4) is 0 Å². The van der Waals surface area contributed by atoms with Crippen molar-refractivity contribution >= 4 is 24.2 Å². The maximum Gasteiger partial charge on any atom is 0.223 e. The van der Waals surface area contributed by atoms with Crippen LogP contribution in [0.1, 0.15) is 57.8 Å². The zero-order valence-corrected chi connectivity index (χ0v) is 14.1. The Morgan fingerprint density at radius 2 is 1.73 bits per heavy atom. The molecule has 0 heterocycles. The predicted molar refractivity (Wildman–Crippen MR) is 89.8 cm³/mol. The average molecular weight is 332 g/mol. The Bertz CT molecular complexity index is 359. The number of carbonyl (C=O) groups excluding carboxylic acids is 2. The van der Waals surface area contributed by atoms with Gasteiger partial charge in [-0.15, -0.1) is 12.4 Å². The molecule has 128 valence electrons. The second-order valence-corrected chi connectivity index (χ2v) is 6.48. The van der Waals surface area contributed by atoms with Crippen LogP contribution in [-0.4, -0.2) is 30.9 Å². The molecular formula is C16H30ClN3O2. The van der Waals surface area contributed by atoms with E-state index in [-0.39, 0.29) is 30.1 Å². The summed E-state index contributed by atoms with van der Waals surface area (Å²) in [6.07, 6.45) is 9.35. The normalized spacial score (nSPS) is 25.3. The summed E-state index contributed by atoms with van der Waals surface area (Å²) in [7, 11) is 0. The number of rotatable bonds is 6. The van der Waals surface area contributed by atoms with Crippen LogP contribution in [-0.2, 0) is 9.59 Å². The van der Waals surface area contributed by atoms with E-state index in [1.807, 2.05) is 0 Å². The van der Waals surface area contributed by atoms with Crippen molar-refractivity contribution in [1.29, 1.82) is 0 Å². The summed E-state index contributed by atoms with van der Waals surface area (Å²) in [5.41, 5.74) is 5.70. The summed E-state index contributed by atoms with van der Waals surface area (Å²) in [6.45, 7) is 1.02. The zero-order chi connectivity index (χ0) is 15.1. The Kier molecular flexibility index (Phi) is 8.79. The molecule has 0 aromatic rings. The Morgan fingerprint density at radius 1 is 1.00 bits per heavy atom. The summed E-state index contributed by atoms with van der Waals surface area (Å²) in [5.74, 6) is 0.509. The standard InChI is InChI=1S/C16H29N3O2.ClH/c17-11-12-5-4-8-14(12)16(21)18-10-9-15(20)19-13-6-2-1-3-7-13;/h12-14H,1-11,17H2,(H,18,21)(H,19,20);1H/t12-,14-;/m1./s1. The molecule has 0 aliphatic heterocycles. The Labute approximate surface area is 139 Å². The zero-order valence-electron chi connectivity index (χ0n) is 13.3. The van der Waals surface area contributed by atoms with E-state index in [0.717, 1.165) is 32.1 Å². The van der Waals surface area contributed by atoms with Crippen LogP contribution in [0, 0.1) is 11.8 Å². The highest BCUT2D eigenvalue weighted by Crippen LogP contribution is 2.30. The van der Waals surface area contributed by atoms with Gasteiger partial charge in [0.25, 0.3) is 0 Å². The van der Waals surface area contributed by atoms with E-state index in [2.05, 4.69) is 10.6 Å². The maximum atomic E-state index is 12.1. The lowest BCUT2D eigenvalue weighted by Gasteiger charge is -2.23. The first-order chi connectivity index (χ1) is 10.2. The van der Waals surface area contributed by atoms with Gasteiger partial charge < -0.3 is 16.4 Å². The highest BCUT2D eigenvalue weighted by atomic mass is 35.5. The number of hydrogen-bond acceptors (Lipinski definition) is 3.